The minimum Gasteiger partial charge on any atom is -0.378 e. The van der Waals surface area contributed by atoms with Gasteiger partial charge in [0, 0.05) is 30.3 Å². The summed E-state index contributed by atoms with van der Waals surface area (Å²) in [5, 5.41) is 3.02. The second-order valence-corrected chi connectivity index (χ2v) is 6.96. The SMILES string of the molecule is Cc1ccc(C(=O)N2CCOCC2)cc1NC(=O)[C@@H]1CCC[C@@H]1CN. The topological polar surface area (TPSA) is 84.7 Å². The number of hydrogen-bond acceptors (Lipinski definition) is 4. The molecule has 1 heterocycles. The van der Waals surface area contributed by atoms with Crippen molar-refractivity contribution < 1.29 is 14.3 Å². The monoisotopic (exact) mass is 345 g/mol. The van der Waals surface area contributed by atoms with Crippen LogP contribution in [0.4, 0.5) is 5.69 Å². The predicted octanol–water partition coefficient (Wildman–Crippen LogP) is 1.78. The number of rotatable bonds is 4. The molecule has 0 spiro atoms. The molecule has 1 saturated carbocycles. The molecule has 25 heavy (non-hydrogen) atoms. The third-order valence-corrected chi connectivity index (χ3v) is 5.34. The maximum absolute atomic E-state index is 12.6. The number of aryl methyl sites for hydroxylation is 1. The van der Waals surface area contributed by atoms with Gasteiger partial charge in [-0.25, -0.2) is 0 Å². The van der Waals surface area contributed by atoms with Crippen molar-refractivity contribution in [1.82, 2.24) is 4.90 Å². The number of amides is 2. The fourth-order valence-electron chi connectivity index (χ4n) is 3.73. The van der Waals surface area contributed by atoms with Crippen molar-refractivity contribution in [2.75, 3.05) is 38.2 Å². The first-order chi connectivity index (χ1) is 12.1. The van der Waals surface area contributed by atoms with E-state index in [0.717, 1.165) is 24.8 Å². The van der Waals surface area contributed by atoms with Gasteiger partial charge in [0.15, 0.2) is 0 Å². The van der Waals surface area contributed by atoms with E-state index in [1.807, 2.05) is 19.1 Å². The molecular weight excluding hydrogens is 318 g/mol. The molecule has 2 fully saturated rings. The highest BCUT2D eigenvalue weighted by molar-refractivity contribution is 5.98. The number of hydrogen-bond donors (Lipinski definition) is 2. The highest BCUT2D eigenvalue weighted by Crippen LogP contribution is 2.32. The first-order valence-corrected chi connectivity index (χ1v) is 9.08. The number of ether oxygens (including phenoxy) is 1. The first-order valence-electron chi connectivity index (χ1n) is 9.08. The average Bonchev–Trinajstić information content (AvgIpc) is 3.12. The maximum Gasteiger partial charge on any atom is 0.254 e. The van der Waals surface area contributed by atoms with Gasteiger partial charge in [0.05, 0.1) is 13.2 Å². The van der Waals surface area contributed by atoms with Crippen LogP contribution in [0, 0.1) is 18.8 Å². The molecule has 3 rings (SSSR count). The highest BCUT2D eigenvalue weighted by Gasteiger charge is 2.32. The van der Waals surface area contributed by atoms with Crippen molar-refractivity contribution in [2.24, 2.45) is 17.6 Å². The zero-order valence-electron chi connectivity index (χ0n) is 14.8. The lowest BCUT2D eigenvalue weighted by Crippen LogP contribution is -2.40. The molecule has 0 aromatic heterocycles. The van der Waals surface area contributed by atoms with Crippen molar-refractivity contribution >= 4 is 17.5 Å². The zero-order valence-corrected chi connectivity index (χ0v) is 14.8. The van der Waals surface area contributed by atoms with Crippen LogP contribution in [-0.2, 0) is 9.53 Å². The normalized spacial score (nSPS) is 23.5. The fraction of sp³-hybridized carbons (Fsp3) is 0.579. The number of nitrogens with zero attached hydrogens (tertiary/aromatic N) is 1. The molecule has 3 N–H and O–H groups in total. The van der Waals surface area contributed by atoms with E-state index in [0.29, 0.717) is 44.1 Å². The molecule has 6 nitrogen and oxygen atoms in total. The van der Waals surface area contributed by atoms with Crippen LogP contribution >= 0.6 is 0 Å². The van der Waals surface area contributed by atoms with Crippen LogP contribution in [-0.4, -0.2) is 49.6 Å². The summed E-state index contributed by atoms with van der Waals surface area (Å²) in [5.74, 6) is 0.244. The molecule has 1 aliphatic heterocycles. The van der Waals surface area contributed by atoms with E-state index in [1.54, 1.807) is 11.0 Å². The zero-order chi connectivity index (χ0) is 17.8. The van der Waals surface area contributed by atoms with E-state index < -0.39 is 0 Å². The Labute approximate surface area is 148 Å². The van der Waals surface area contributed by atoms with Gasteiger partial charge >= 0.3 is 0 Å². The Morgan fingerprint density at radius 3 is 2.76 bits per heavy atom. The summed E-state index contributed by atoms with van der Waals surface area (Å²) in [5.41, 5.74) is 8.06. The molecule has 0 radical (unpaired) electrons. The Morgan fingerprint density at radius 1 is 1.28 bits per heavy atom. The number of nitrogens with two attached hydrogens (primary N) is 1. The molecule has 6 heteroatoms. The summed E-state index contributed by atoms with van der Waals surface area (Å²) in [6.07, 6.45) is 2.96. The largest absolute Gasteiger partial charge is 0.378 e. The Balaban J connectivity index is 1.73. The lowest BCUT2D eigenvalue weighted by molar-refractivity contribution is -0.120. The number of nitrogens with one attached hydrogen (secondary N) is 1. The molecule has 2 amide bonds. The van der Waals surface area contributed by atoms with E-state index in [4.69, 9.17) is 10.5 Å². The molecule has 136 valence electrons. The molecule has 1 saturated heterocycles. The maximum atomic E-state index is 12.6. The number of benzene rings is 1. The summed E-state index contributed by atoms with van der Waals surface area (Å²) >= 11 is 0. The van der Waals surface area contributed by atoms with Gasteiger partial charge < -0.3 is 20.7 Å². The summed E-state index contributed by atoms with van der Waals surface area (Å²) in [6.45, 7) is 4.84. The van der Waals surface area contributed by atoms with Gasteiger partial charge in [-0.3, -0.25) is 9.59 Å². The molecule has 1 aliphatic carbocycles. The molecule has 2 atom stereocenters. The second-order valence-electron chi connectivity index (χ2n) is 6.96. The van der Waals surface area contributed by atoms with E-state index >= 15 is 0 Å². The minimum atomic E-state index is -0.0250. The Kier molecular flexibility index (Phi) is 5.71. The summed E-state index contributed by atoms with van der Waals surface area (Å²) < 4.78 is 5.30. The lowest BCUT2D eigenvalue weighted by Gasteiger charge is -2.27. The van der Waals surface area contributed by atoms with E-state index in [-0.39, 0.29) is 23.7 Å². The molecule has 1 aromatic rings. The second kappa shape index (κ2) is 7.97. The summed E-state index contributed by atoms with van der Waals surface area (Å²) in [6, 6.07) is 5.50. The van der Waals surface area contributed by atoms with Gasteiger partial charge in [0.2, 0.25) is 5.91 Å². The molecule has 2 aliphatic rings. The Hall–Kier alpha value is -1.92. The van der Waals surface area contributed by atoms with E-state index in [2.05, 4.69) is 5.32 Å². The van der Waals surface area contributed by atoms with Gasteiger partial charge in [-0.2, -0.15) is 0 Å². The van der Waals surface area contributed by atoms with Crippen LogP contribution in [0.2, 0.25) is 0 Å². The number of carbonyl (C=O) groups excluding carboxylic acids is 2. The smallest absolute Gasteiger partial charge is 0.254 e. The number of morpholine rings is 1. The minimum absolute atomic E-state index is 0.0144. The third-order valence-electron chi connectivity index (χ3n) is 5.34. The van der Waals surface area contributed by atoms with Crippen molar-refractivity contribution in [3.63, 3.8) is 0 Å². The van der Waals surface area contributed by atoms with Gasteiger partial charge in [-0.05, 0) is 49.9 Å². The Bertz CT molecular complexity index is 641. The van der Waals surface area contributed by atoms with Crippen molar-refractivity contribution in [1.29, 1.82) is 0 Å². The number of anilines is 1. The van der Waals surface area contributed by atoms with E-state index in [1.165, 1.54) is 0 Å². The van der Waals surface area contributed by atoms with Crippen LogP contribution in [0.5, 0.6) is 0 Å². The molecular formula is C19H27N3O3. The van der Waals surface area contributed by atoms with Crippen molar-refractivity contribution in [3.8, 4) is 0 Å². The standard InChI is InChI=1S/C19H27N3O3/c1-13-5-6-14(19(24)22-7-9-25-10-8-22)11-17(13)21-18(23)16-4-2-3-15(16)12-20/h5-6,11,15-16H,2-4,7-10,12,20H2,1H3,(H,21,23)/t15-,16-/m1/s1. The van der Waals surface area contributed by atoms with Gasteiger partial charge in [-0.1, -0.05) is 12.5 Å². The average molecular weight is 345 g/mol. The fourth-order valence-corrected chi connectivity index (χ4v) is 3.73. The lowest BCUT2D eigenvalue weighted by atomic mass is 9.95. The van der Waals surface area contributed by atoms with Gasteiger partial charge in [-0.15, -0.1) is 0 Å². The van der Waals surface area contributed by atoms with Gasteiger partial charge in [0.1, 0.15) is 0 Å². The summed E-state index contributed by atoms with van der Waals surface area (Å²) in [7, 11) is 0. The summed E-state index contributed by atoms with van der Waals surface area (Å²) in [4.78, 5) is 27.1. The highest BCUT2D eigenvalue weighted by atomic mass is 16.5. The van der Waals surface area contributed by atoms with Crippen LogP contribution in [0.1, 0.15) is 35.2 Å². The molecule has 0 bridgehead atoms. The van der Waals surface area contributed by atoms with Crippen molar-refractivity contribution in [3.05, 3.63) is 29.3 Å². The first kappa shape index (κ1) is 17.9. The van der Waals surface area contributed by atoms with Crippen LogP contribution < -0.4 is 11.1 Å². The van der Waals surface area contributed by atoms with Crippen LogP contribution in [0.3, 0.4) is 0 Å². The van der Waals surface area contributed by atoms with Crippen LogP contribution in [0.25, 0.3) is 0 Å². The molecule has 1 aromatic carbocycles. The number of carbonyl (C=O) groups is 2. The third kappa shape index (κ3) is 4.02. The van der Waals surface area contributed by atoms with E-state index in [9.17, 15) is 9.59 Å². The quantitative estimate of drug-likeness (QED) is 0.871. The molecule has 0 unspecified atom stereocenters. The predicted molar refractivity (Wildman–Crippen MR) is 96.4 cm³/mol. The van der Waals surface area contributed by atoms with Crippen molar-refractivity contribution in [2.45, 2.75) is 26.2 Å². The van der Waals surface area contributed by atoms with Crippen LogP contribution in [0.15, 0.2) is 18.2 Å². The Morgan fingerprint density at radius 2 is 2.04 bits per heavy atom. The van der Waals surface area contributed by atoms with Gasteiger partial charge in [0.25, 0.3) is 5.91 Å².